The standard InChI is InChI=1S/C17H28N2OS/c1-4-21-15-7-5-14(6-8-15)16(17(2,3)13-20)19-11-9-18-10-12-19/h5-8,16,18,20H,4,9-13H2,1-3H3/t16-/m1/s1. The van der Waals surface area contributed by atoms with Crippen molar-refractivity contribution >= 4 is 11.8 Å². The van der Waals surface area contributed by atoms with Gasteiger partial charge in [-0.1, -0.05) is 32.9 Å². The molecule has 0 radical (unpaired) electrons. The maximum Gasteiger partial charge on any atom is 0.0500 e. The van der Waals surface area contributed by atoms with Crippen molar-refractivity contribution in [1.82, 2.24) is 10.2 Å². The fraction of sp³-hybridized carbons (Fsp3) is 0.647. The molecule has 118 valence electrons. The van der Waals surface area contributed by atoms with Crippen molar-refractivity contribution in [2.24, 2.45) is 5.41 Å². The van der Waals surface area contributed by atoms with Crippen LogP contribution in [0, 0.1) is 5.41 Å². The van der Waals surface area contributed by atoms with Crippen LogP contribution in [-0.2, 0) is 0 Å². The van der Waals surface area contributed by atoms with Crippen LogP contribution in [0.1, 0.15) is 32.4 Å². The van der Waals surface area contributed by atoms with Gasteiger partial charge in [-0.15, -0.1) is 11.8 Å². The number of aliphatic hydroxyl groups is 1. The zero-order valence-corrected chi connectivity index (χ0v) is 14.2. The summed E-state index contributed by atoms with van der Waals surface area (Å²) in [4.78, 5) is 3.83. The van der Waals surface area contributed by atoms with Gasteiger partial charge in [0.1, 0.15) is 0 Å². The summed E-state index contributed by atoms with van der Waals surface area (Å²) in [5.41, 5.74) is 1.17. The summed E-state index contributed by atoms with van der Waals surface area (Å²) in [6.07, 6.45) is 0. The number of benzene rings is 1. The number of aliphatic hydroxyl groups excluding tert-OH is 1. The Kier molecular flexibility index (Phi) is 6.11. The molecular weight excluding hydrogens is 280 g/mol. The average molecular weight is 308 g/mol. The molecule has 0 aliphatic carbocycles. The maximum atomic E-state index is 9.85. The average Bonchev–Trinajstić information content (AvgIpc) is 2.50. The number of piperazine rings is 1. The lowest BCUT2D eigenvalue weighted by atomic mass is 9.80. The molecule has 0 aromatic heterocycles. The molecule has 0 saturated carbocycles. The van der Waals surface area contributed by atoms with Gasteiger partial charge < -0.3 is 10.4 Å². The van der Waals surface area contributed by atoms with Gasteiger partial charge in [0, 0.05) is 49.1 Å². The van der Waals surface area contributed by atoms with E-state index in [2.05, 4.69) is 55.3 Å². The van der Waals surface area contributed by atoms with Gasteiger partial charge in [-0.05, 0) is 23.4 Å². The van der Waals surface area contributed by atoms with Gasteiger partial charge in [0.15, 0.2) is 0 Å². The molecular formula is C17H28N2OS. The van der Waals surface area contributed by atoms with E-state index in [1.807, 2.05) is 11.8 Å². The van der Waals surface area contributed by atoms with E-state index in [9.17, 15) is 5.11 Å². The smallest absolute Gasteiger partial charge is 0.0500 e. The molecule has 21 heavy (non-hydrogen) atoms. The molecule has 2 rings (SSSR count). The Morgan fingerprint density at radius 3 is 2.38 bits per heavy atom. The lowest BCUT2D eigenvalue weighted by Gasteiger charge is -2.43. The predicted molar refractivity (Wildman–Crippen MR) is 90.9 cm³/mol. The minimum absolute atomic E-state index is 0.142. The lowest BCUT2D eigenvalue weighted by molar-refractivity contribution is 0.0305. The number of nitrogens with zero attached hydrogens (tertiary/aromatic N) is 1. The van der Waals surface area contributed by atoms with Crippen LogP contribution in [0.4, 0.5) is 0 Å². The lowest BCUT2D eigenvalue weighted by Crippen LogP contribution is -2.49. The van der Waals surface area contributed by atoms with E-state index < -0.39 is 0 Å². The van der Waals surface area contributed by atoms with E-state index in [-0.39, 0.29) is 18.1 Å². The molecule has 1 aliphatic rings. The van der Waals surface area contributed by atoms with Crippen LogP contribution in [0.5, 0.6) is 0 Å². The van der Waals surface area contributed by atoms with E-state index in [0.29, 0.717) is 0 Å². The summed E-state index contributed by atoms with van der Waals surface area (Å²) in [6, 6.07) is 9.17. The maximum absolute atomic E-state index is 9.85. The fourth-order valence-electron chi connectivity index (χ4n) is 3.10. The largest absolute Gasteiger partial charge is 0.396 e. The number of nitrogens with one attached hydrogen (secondary N) is 1. The van der Waals surface area contributed by atoms with Crippen LogP contribution in [0.25, 0.3) is 0 Å². The first-order valence-electron chi connectivity index (χ1n) is 7.87. The van der Waals surface area contributed by atoms with Crippen molar-refractivity contribution in [2.45, 2.75) is 31.7 Å². The van der Waals surface area contributed by atoms with Crippen LogP contribution in [-0.4, -0.2) is 48.5 Å². The Bertz CT molecular complexity index is 427. The molecule has 1 aromatic carbocycles. The number of rotatable bonds is 6. The molecule has 0 spiro atoms. The highest BCUT2D eigenvalue weighted by Crippen LogP contribution is 2.38. The van der Waals surface area contributed by atoms with Gasteiger partial charge in [-0.2, -0.15) is 0 Å². The number of thioether (sulfide) groups is 1. The van der Waals surface area contributed by atoms with Crippen molar-refractivity contribution in [1.29, 1.82) is 0 Å². The first-order valence-corrected chi connectivity index (χ1v) is 8.85. The molecule has 0 bridgehead atoms. The van der Waals surface area contributed by atoms with Crippen molar-refractivity contribution in [3.05, 3.63) is 29.8 Å². The zero-order valence-electron chi connectivity index (χ0n) is 13.4. The van der Waals surface area contributed by atoms with Gasteiger partial charge in [-0.25, -0.2) is 0 Å². The molecule has 1 aromatic rings. The molecule has 1 fully saturated rings. The zero-order chi connectivity index (χ0) is 15.3. The van der Waals surface area contributed by atoms with Gasteiger partial charge in [0.2, 0.25) is 0 Å². The van der Waals surface area contributed by atoms with Gasteiger partial charge in [-0.3, -0.25) is 4.90 Å². The second kappa shape index (κ2) is 7.63. The minimum atomic E-state index is -0.142. The summed E-state index contributed by atoms with van der Waals surface area (Å²) < 4.78 is 0. The van der Waals surface area contributed by atoms with Gasteiger partial charge in [0.05, 0.1) is 0 Å². The summed E-state index contributed by atoms with van der Waals surface area (Å²) in [6.45, 7) is 10.8. The van der Waals surface area contributed by atoms with E-state index in [4.69, 9.17) is 0 Å². The molecule has 1 heterocycles. The topological polar surface area (TPSA) is 35.5 Å². The van der Waals surface area contributed by atoms with Crippen molar-refractivity contribution in [2.75, 3.05) is 38.5 Å². The highest BCUT2D eigenvalue weighted by atomic mass is 32.2. The van der Waals surface area contributed by atoms with E-state index in [0.717, 1.165) is 31.9 Å². The van der Waals surface area contributed by atoms with Crippen LogP contribution in [0.2, 0.25) is 0 Å². The highest BCUT2D eigenvalue weighted by molar-refractivity contribution is 7.99. The highest BCUT2D eigenvalue weighted by Gasteiger charge is 2.35. The van der Waals surface area contributed by atoms with Gasteiger partial charge in [0.25, 0.3) is 0 Å². The number of hydrogen-bond donors (Lipinski definition) is 2. The van der Waals surface area contributed by atoms with Crippen molar-refractivity contribution in [3.63, 3.8) is 0 Å². The minimum Gasteiger partial charge on any atom is -0.396 e. The quantitative estimate of drug-likeness (QED) is 0.792. The third kappa shape index (κ3) is 4.22. The molecule has 2 N–H and O–H groups in total. The first kappa shape index (κ1) is 16.8. The van der Waals surface area contributed by atoms with Crippen LogP contribution in [0.15, 0.2) is 29.2 Å². The predicted octanol–water partition coefficient (Wildman–Crippen LogP) is 2.76. The third-order valence-corrected chi connectivity index (χ3v) is 5.07. The molecule has 1 saturated heterocycles. The van der Waals surface area contributed by atoms with Crippen LogP contribution >= 0.6 is 11.8 Å². The first-order chi connectivity index (χ1) is 10.1. The molecule has 0 amide bonds. The van der Waals surface area contributed by atoms with Crippen molar-refractivity contribution in [3.8, 4) is 0 Å². The SMILES string of the molecule is CCSc1ccc([C@@H](N2CCNCC2)C(C)(C)CO)cc1. The Labute approximate surface area is 133 Å². The molecule has 1 atom stereocenters. The molecule has 0 unspecified atom stereocenters. The molecule has 3 nitrogen and oxygen atoms in total. The van der Waals surface area contributed by atoms with Crippen LogP contribution in [0.3, 0.4) is 0 Å². The van der Waals surface area contributed by atoms with Gasteiger partial charge >= 0.3 is 0 Å². The second-order valence-electron chi connectivity index (χ2n) is 6.34. The molecule has 1 aliphatic heterocycles. The Balaban J connectivity index is 2.25. The van der Waals surface area contributed by atoms with Crippen LogP contribution < -0.4 is 5.32 Å². The summed E-state index contributed by atoms with van der Waals surface area (Å²) >= 11 is 1.87. The molecule has 4 heteroatoms. The number of hydrogen-bond acceptors (Lipinski definition) is 4. The van der Waals surface area contributed by atoms with Crippen molar-refractivity contribution < 1.29 is 5.11 Å². The summed E-state index contributed by atoms with van der Waals surface area (Å²) in [5, 5.41) is 13.3. The monoisotopic (exact) mass is 308 g/mol. The van der Waals surface area contributed by atoms with E-state index in [1.165, 1.54) is 10.5 Å². The normalized spacial score (nSPS) is 18.7. The summed E-state index contributed by atoms with van der Waals surface area (Å²) in [7, 11) is 0. The van der Waals surface area contributed by atoms with E-state index in [1.54, 1.807) is 0 Å². The summed E-state index contributed by atoms with van der Waals surface area (Å²) in [5.74, 6) is 1.10. The Morgan fingerprint density at radius 1 is 1.24 bits per heavy atom. The Morgan fingerprint density at radius 2 is 1.86 bits per heavy atom. The van der Waals surface area contributed by atoms with E-state index >= 15 is 0 Å². The second-order valence-corrected chi connectivity index (χ2v) is 7.67. The Hall–Kier alpha value is -0.550. The fourth-order valence-corrected chi connectivity index (χ4v) is 3.76. The third-order valence-electron chi connectivity index (χ3n) is 4.17.